The highest BCUT2D eigenvalue weighted by Gasteiger charge is 2.30. The molecule has 6 heteroatoms. The Morgan fingerprint density at radius 2 is 1.92 bits per heavy atom. The predicted molar refractivity (Wildman–Crippen MR) is 94.4 cm³/mol. The number of benzene rings is 1. The summed E-state index contributed by atoms with van der Waals surface area (Å²) in [6, 6.07) is 10.8. The molecule has 1 aromatic heterocycles. The Balaban J connectivity index is 1.30. The van der Waals surface area contributed by atoms with Crippen molar-refractivity contribution >= 4 is 11.9 Å². The summed E-state index contributed by atoms with van der Waals surface area (Å²) in [5, 5.41) is 8.36. The number of amides is 1. The van der Waals surface area contributed by atoms with E-state index >= 15 is 0 Å². The predicted octanol–water partition coefficient (Wildman–Crippen LogP) is 2.62. The van der Waals surface area contributed by atoms with Gasteiger partial charge in [-0.2, -0.15) is 0 Å². The van der Waals surface area contributed by atoms with E-state index < -0.39 is 0 Å². The first-order valence-corrected chi connectivity index (χ1v) is 9.19. The van der Waals surface area contributed by atoms with Crippen molar-refractivity contribution in [3.8, 4) is 0 Å². The fourth-order valence-electron chi connectivity index (χ4n) is 3.26. The van der Waals surface area contributed by atoms with Crippen LogP contribution in [0, 0.1) is 0 Å². The number of rotatable bonds is 5. The Hall–Kier alpha value is -2.37. The molecule has 0 atom stereocenters. The summed E-state index contributed by atoms with van der Waals surface area (Å²) in [6.45, 7) is 3.13. The van der Waals surface area contributed by atoms with Gasteiger partial charge in [0.05, 0.1) is 0 Å². The van der Waals surface area contributed by atoms with Crippen LogP contribution in [0.15, 0.2) is 34.7 Å². The Morgan fingerprint density at radius 3 is 2.72 bits per heavy atom. The lowest BCUT2D eigenvalue weighted by molar-refractivity contribution is -0.130. The molecule has 0 radical (unpaired) electrons. The Kier molecular flexibility index (Phi) is 4.68. The lowest BCUT2D eigenvalue weighted by Crippen LogP contribution is -2.35. The highest BCUT2D eigenvalue weighted by Crippen LogP contribution is 2.39. The molecule has 25 heavy (non-hydrogen) atoms. The van der Waals surface area contributed by atoms with Crippen LogP contribution >= 0.6 is 0 Å². The molecule has 1 aliphatic heterocycles. The minimum absolute atomic E-state index is 0.231. The molecule has 0 N–H and O–H groups in total. The number of carbonyl (C=O) groups excluding carboxylic acids is 1. The summed E-state index contributed by atoms with van der Waals surface area (Å²) in [6.07, 6.45) is 4.61. The molecule has 0 unspecified atom stereocenters. The Morgan fingerprint density at radius 1 is 1.08 bits per heavy atom. The fraction of sp³-hybridized carbons (Fsp3) is 0.526. The summed E-state index contributed by atoms with van der Waals surface area (Å²) in [4.78, 5) is 16.6. The van der Waals surface area contributed by atoms with Gasteiger partial charge in [-0.1, -0.05) is 35.4 Å². The van der Waals surface area contributed by atoms with Gasteiger partial charge in [0.15, 0.2) is 0 Å². The van der Waals surface area contributed by atoms with Crippen LogP contribution in [0.25, 0.3) is 0 Å². The fourth-order valence-corrected chi connectivity index (χ4v) is 3.26. The number of aryl methyl sites for hydroxylation is 1. The quantitative estimate of drug-likeness (QED) is 0.837. The zero-order valence-corrected chi connectivity index (χ0v) is 14.4. The molecule has 4 rings (SSSR count). The summed E-state index contributed by atoms with van der Waals surface area (Å²) in [5.41, 5.74) is 1.21. The number of anilines is 1. The van der Waals surface area contributed by atoms with Gasteiger partial charge < -0.3 is 14.2 Å². The molecule has 2 aliphatic rings. The molecular formula is C19H24N4O2. The molecular weight excluding hydrogens is 316 g/mol. The van der Waals surface area contributed by atoms with Crippen molar-refractivity contribution in [1.82, 2.24) is 15.1 Å². The van der Waals surface area contributed by atoms with Crippen LogP contribution in [0.4, 0.5) is 6.01 Å². The van der Waals surface area contributed by atoms with Gasteiger partial charge in [-0.25, -0.2) is 0 Å². The molecule has 6 nitrogen and oxygen atoms in total. The first kappa shape index (κ1) is 16.1. The third kappa shape index (κ3) is 4.00. The molecule has 1 aromatic carbocycles. The Bertz CT molecular complexity index is 711. The molecule has 1 saturated heterocycles. The van der Waals surface area contributed by atoms with Gasteiger partial charge in [-0.15, -0.1) is 5.10 Å². The normalized spacial score (nSPS) is 18.2. The maximum Gasteiger partial charge on any atom is 0.318 e. The molecule has 1 aliphatic carbocycles. The van der Waals surface area contributed by atoms with Crippen LogP contribution in [-0.4, -0.2) is 47.2 Å². The standard InChI is InChI=1S/C19H24N4O2/c24-17(10-7-15-5-2-1-3-6-15)22-11-4-12-23(14-13-22)19-21-20-18(25-19)16-8-9-16/h1-3,5-6,16H,4,7-14H2. The smallest absolute Gasteiger partial charge is 0.318 e. The molecule has 2 heterocycles. The van der Waals surface area contributed by atoms with Crippen molar-refractivity contribution in [3.05, 3.63) is 41.8 Å². The average molecular weight is 340 g/mol. The molecule has 132 valence electrons. The molecule has 0 spiro atoms. The number of hydrogen-bond acceptors (Lipinski definition) is 5. The summed E-state index contributed by atoms with van der Waals surface area (Å²) in [5.74, 6) is 1.48. The second-order valence-electron chi connectivity index (χ2n) is 6.90. The maximum atomic E-state index is 12.5. The van der Waals surface area contributed by atoms with Crippen molar-refractivity contribution in [2.75, 3.05) is 31.1 Å². The van der Waals surface area contributed by atoms with Gasteiger partial charge in [-0.05, 0) is 31.2 Å². The van der Waals surface area contributed by atoms with Crippen LogP contribution in [0.5, 0.6) is 0 Å². The number of aromatic nitrogens is 2. The van der Waals surface area contributed by atoms with E-state index in [4.69, 9.17) is 4.42 Å². The van der Waals surface area contributed by atoms with Gasteiger partial charge in [0.1, 0.15) is 0 Å². The summed E-state index contributed by atoms with van der Waals surface area (Å²) in [7, 11) is 0. The van der Waals surface area contributed by atoms with E-state index in [1.54, 1.807) is 0 Å². The van der Waals surface area contributed by atoms with E-state index in [2.05, 4.69) is 27.2 Å². The van der Waals surface area contributed by atoms with Crippen LogP contribution in [-0.2, 0) is 11.2 Å². The average Bonchev–Trinajstić information content (AvgIpc) is 3.43. The van der Waals surface area contributed by atoms with Crippen molar-refractivity contribution in [2.45, 2.75) is 38.0 Å². The first-order valence-electron chi connectivity index (χ1n) is 9.19. The van der Waals surface area contributed by atoms with E-state index in [0.29, 0.717) is 18.4 Å². The minimum atomic E-state index is 0.231. The lowest BCUT2D eigenvalue weighted by Gasteiger charge is -2.21. The van der Waals surface area contributed by atoms with Gasteiger partial charge in [-0.3, -0.25) is 4.79 Å². The van der Waals surface area contributed by atoms with E-state index in [-0.39, 0.29) is 5.91 Å². The molecule has 1 saturated carbocycles. The van der Waals surface area contributed by atoms with E-state index in [0.717, 1.165) is 57.8 Å². The molecule has 1 amide bonds. The lowest BCUT2D eigenvalue weighted by atomic mass is 10.1. The topological polar surface area (TPSA) is 62.5 Å². The van der Waals surface area contributed by atoms with Crippen LogP contribution in [0.3, 0.4) is 0 Å². The molecule has 0 bridgehead atoms. The largest absolute Gasteiger partial charge is 0.408 e. The van der Waals surface area contributed by atoms with Crippen molar-refractivity contribution in [3.63, 3.8) is 0 Å². The first-order chi connectivity index (χ1) is 12.3. The van der Waals surface area contributed by atoms with E-state index in [9.17, 15) is 4.79 Å². The van der Waals surface area contributed by atoms with Crippen LogP contribution < -0.4 is 4.90 Å². The van der Waals surface area contributed by atoms with E-state index in [1.807, 2.05) is 23.1 Å². The molecule has 2 aromatic rings. The van der Waals surface area contributed by atoms with Crippen molar-refractivity contribution < 1.29 is 9.21 Å². The van der Waals surface area contributed by atoms with Crippen LogP contribution in [0.1, 0.15) is 43.1 Å². The van der Waals surface area contributed by atoms with Gasteiger partial charge in [0, 0.05) is 38.5 Å². The third-order valence-corrected chi connectivity index (χ3v) is 4.95. The summed E-state index contributed by atoms with van der Waals surface area (Å²) >= 11 is 0. The highest BCUT2D eigenvalue weighted by atomic mass is 16.4. The van der Waals surface area contributed by atoms with Gasteiger partial charge in [0.2, 0.25) is 11.8 Å². The van der Waals surface area contributed by atoms with E-state index in [1.165, 1.54) is 5.56 Å². The van der Waals surface area contributed by atoms with Crippen LogP contribution in [0.2, 0.25) is 0 Å². The number of hydrogen-bond donors (Lipinski definition) is 0. The van der Waals surface area contributed by atoms with Crippen molar-refractivity contribution in [1.29, 1.82) is 0 Å². The Labute approximate surface area is 147 Å². The highest BCUT2D eigenvalue weighted by molar-refractivity contribution is 5.76. The zero-order chi connectivity index (χ0) is 17.1. The number of carbonyl (C=O) groups is 1. The maximum absolute atomic E-state index is 12.5. The van der Waals surface area contributed by atoms with Crippen molar-refractivity contribution in [2.24, 2.45) is 0 Å². The summed E-state index contributed by atoms with van der Waals surface area (Å²) < 4.78 is 5.80. The monoisotopic (exact) mass is 340 g/mol. The second-order valence-corrected chi connectivity index (χ2v) is 6.90. The zero-order valence-electron chi connectivity index (χ0n) is 14.4. The third-order valence-electron chi connectivity index (χ3n) is 4.95. The second kappa shape index (κ2) is 7.25. The SMILES string of the molecule is O=C(CCc1ccccc1)N1CCCN(c2nnc(C3CC3)o2)CC1. The van der Waals surface area contributed by atoms with Gasteiger partial charge >= 0.3 is 6.01 Å². The van der Waals surface area contributed by atoms with Gasteiger partial charge in [0.25, 0.3) is 0 Å². The number of nitrogens with zero attached hydrogens (tertiary/aromatic N) is 4. The molecule has 2 fully saturated rings. The minimum Gasteiger partial charge on any atom is -0.408 e.